The fraction of sp³-hybridized carbons (Fsp3) is 0.676. The van der Waals surface area contributed by atoms with Crippen molar-refractivity contribution in [2.45, 2.75) is 102 Å². The number of benzene rings is 1. The summed E-state index contributed by atoms with van der Waals surface area (Å²) in [6, 6.07) is 7.24. The molecule has 2 N–H and O–H groups in total. The van der Waals surface area contributed by atoms with Crippen molar-refractivity contribution in [2.24, 2.45) is 17.8 Å². The number of rotatable bonds is 9. The number of nitrogens with one attached hydrogen (secondary N) is 2. The maximum absolute atomic E-state index is 14.2. The van der Waals surface area contributed by atoms with E-state index in [1.165, 1.54) is 24.8 Å². The number of carbonyl (C=O) groups is 3. The van der Waals surface area contributed by atoms with E-state index in [0.29, 0.717) is 18.2 Å². The van der Waals surface area contributed by atoms with E-state index in [0.717, 1.165) is 57.7 Å². The quantitative estimate of drug-likeness (QED) is 0.424. The highest BCUT2D eigenvalue weighted by atomic mass is 16.5. The molecule has 5 aliphatic rings. The largest absolute Gasteiger partial charge is 0.359 e. The maximum atomic E-state index is 14.2. The van der Waals surface area contributed by atoms with Crippen molar-refractivity contribution in [3.8, 4) is 0 Å². The highest BCUT2D eigenvalue weighted by Crippen LogP contribution is 2.55. The Bertz CT molecular complexity index is 1180. The lowest BCUT2D eigenvalue weighted by molar-refractivity contribution is -0.141. The summed E-state index contributed by atoms with van der Waals surface area (Å²) in [5.41, 5.74) is 0.797. The monoisotopic (exact) mass is 576 g/mol. The summed E-state index contributed by atoms with van der Waals surface area (Å²) in [5.74, 6) is -0.712. The summed E-state index contributed by atoms with van der Waals surface area (Å²) in [4.78, 5) is 46.2. The van der Waals surface area contributed by atoms with Gasteiger partial charge in [0.15, 0.2) is 0 Å². The Kier molecular flexibility index (Phi) is 8.47. The third-order valence-electron chi connectivity index (χ3n) is 10.5. The molecule has 3 amide bonds. The zero-order chi connectivity index (χ0) is 29.4. The molecule has 6 rings (SSSR count). The molecule has 1 aromatic carbocycles. The van der Waals surface area contributed by atoms with Gasteiger partial charge < -0.3 is 25.2 Å². The summed E-state index contributed by atoms with van der Waals surface area (Å²) in [7, 11) is 0. The van der Waals surface area contributed by atoms with Crippen LogP contribution in [0.5, 0.6) is 0 Å². The highest BCUT2D eigenvalue weighted by Gasteiger charge is 2.72. The van der Waals surface area contributed by atoms with Crippen LogP contribution in [0.25, 0.3) is 0 Å². The lowest BCUT2D eigenvalue weighted by Crippen LogP contribution is -2.56. The lowest BCUT2D eigenvalue weighted by Gasteiger charge is -2.35. The number of nitrogens with zero attached hydrogens (tertiary/aromatic N) is 2. The van der Waals surface area contributed by atoms with Crippen LogP contribution in [0, 0.1) is 17.8 Å². The SMILES string of the molecule is CC1CCN(CCCN2C(=O)C3C(C(=O)Nc4ccc(C(C)C)cc4)C4C=CC3(O4)C2C(=O)NC2CCCCC2)CC1. The van der Waals surface area contributed by atoms with Crippen molar-refractivity contribution in [2.75, 3.05) is 31.5 Å². The summed E-state index contributed by atoms with van der Waals surface area (Å²) >= 11 is 0. The second-order valence-electron chi connectivity index (χ2n) is 13.7. The van der Waals surface area contributed by atoms with Gasteiger partial charge in [-0.1, -0.05) is 64.3 Å². The van der Waals surface area contributed by atoms with Crippen molar-refractivity contribution in [1.29, 1.82) is 0 Å². The van der Waals surface area contributed by atoms with Gasteiger partial charge in [0.2, 0.25) is 17.7 Å². The maximum Gasteiger partial charge on any atom is 0.246 e. The van der Waals surface area contributed by atoms with Crippen LogP contribution in [-0.4, -0.2) is 77.5 Å². The van der Waals surface area contributed by atoms with E-state index >= 15 is 0 Å². The van der Waals surface area contributed by atoms with Gasteiger partial charge in [0, 0.05) is 18.3 Å². The Labute approximate surface area is 250 Å². The van der Waals surface area contributed by atoms with E-state index in [-0.39, 0.29) is 23.8 Å². The first-order valence-electron chi connectivity index (χ1n) is 16.4. The number of ether oxygens (including phenoxy) is 1. The van der Waals surface area contributed by atoms with Crippen LogP contribution in [0.4, 0.5) is 5.69 Å². The first-order chi connectivity index (χ1) is 20.3. The van der Waals surface area contributed by atoms with Crippen LogP contribution in [0.1, 0.15) is 83.6 Å². The zero-order valence-corrected chi connectivity index (χ0v) is 25.5. The molecular formula is C34H48N4O4. The highest BCUT2D eigenvalue weighted by molar-refractivity contribution is 6.02. The van der Waals surface area contributed by atoms with Crippen molar-refractivity contribution in [3.63, 3.8) is 0 Å². The second-order valence-corrected chi connectivity index (χ2v) is 13.7. The number of hydrogen-bond donors (Lipinski definition) is 2. The van der Waals surface area contributed by atoms with Crippen LogP contribution < -0.4 is 10.6 Å². The van der Waals surface area contributed by atoms with E-state index in [1.54, 1.807) is 4.90 Å². The van der Waals surface area contributed by atoms with Crippen LogP contribution in [-0.2, 0) is 19.1 Å². The molecule has 1 aliphatic carbocycles. The first-order valence-corrected chi connectivity index (χ1v) is 16.4. The molecule has 4 aliphatic heterocycles. The minimum Gasteiger partial charge on any atom is -0.359 e. The van der Waals surface area contributed by atoms with E-state index < -0.39 is 29.6 Å². The van der Waals surface area contributed by atoms with Crippen LogP contribution >= 0.6 is 0 Å². The molecule has 228 valence electrons. The first kappa shape index (κ1) is 29.4. The van der Waals surface area contributed by atoms with Crippen molar-refractivity contribution in [1.82, 2.24) is 15.1 Å². The third kappa shape index (κ3) is 5.52. The van der Waals surface area contributed by atoms with Gasteiger partial charge in [-0.3, -0.25) is 14.4 Å². The Morgan fingerprint density at radius 3 is 2.40 bits per heavy atom. The normalized spacial score (nSPS) is 31.6. The van der Waals surface area contributed by atoms with Gasteiger partial charge in [-0.2, -0.15) is 0 Å². The minimum absolute atomic E-state index is 0.129. The summed E-state index contributed by atoms with van der Waals surface area (Å²) in [5, 5.41) is 6.34. The average molecular weight is 577 g/mol. The summed E-state index contributed by atoms with van der Waals surface area (Å²) in [6.07, 6.45) is 11.9. The topological polar surface area (TPSA) is 91.0 Å². The number of likely N-dealkylation sites (tertiary alicyclic amines) is 2. The van der Waals surface area contributed by atoms with Gasteiger partial charge in [0.1, 0.15) is 11.6 Å². The van der Waals surface area contributed by atoms with Gasteiger partial charge in [-0.15, -0.1) is 0 Å². The van der Waals surface area contributed by atoms with E-state index in [2.05, 4.69) is 36.3 Å². The fourth-order valence-electron chi connectivity index (χ4n) is 7.96. The molecule has 8 heteroatoms. The number of carbonyl (C=O) groups excluding carboxylic acids is 3. The molecule has 3 saturated heterocycles. The van der Waals surface area contributed by atoms with Crippen molar-refractivity contribution >= 4 is 23.4 Å². The number of fused-ring (bicyclic) bond motifs is 1. The zero-order valence-electron chi connectivity index (χ0n) is 25.5. The number of anilines is 1. The summed E-state index contributed by atoms with van der Waals surface area (Å²) < 4.78 is 6.53. The van der Waals surface area contributed by atoms with Gasteiger partial charge in [-0.25, -0.2) is 0 Å². The molecule has 4 heterocycles. The molecule has 4 fully saturated rings. The predicted octanol–water partition coefficient (Wildman–Crippen LogP) is 4.47. The predicted molar refractivity (Wildman–Crippen MR) is 163 cm³/mol. The molecule has 5 unspecified atom stereocenters. The molecule has 0 aromatic heterocycles. The molecule has 8 nitrogen and oxygen atoms in total. The Balaban J connectivity index is 1.21. The van der Waals surface area contributed by atoms with Gasteiger partial charge in [-0.05, 0) is 81.3 Å². The molecule has 5 atom stereocenters. The Morgan fingerprint density at radius 2 is 1.71 bits per heavy atom. The third-order valence-corrected chi connectivity index (χ3v) is 10.5. The second kappa shape index (κ2) is 12.1. The molecule has 1 spiro atoms. The molecule has 0 radical (unpaired) electrons. The fourth-order valence-corrected chi connectivity index (χ4v) is 7.96. The average Bonchev–Trinajstić information content (AvgIpc) is 3.62. The lowest BCUT2D eigenvalue weighted by atomic mass is 9.74. The Morgan fingerprint density at radius 1 is 1.00 bits per heavy atom. The van der Waals surface area contributed by atoms with Crippen LogP contribution in [0.3, 0.4) is 0 Å². The molecule has 42 heavy (non-hydrogen) atoms. The molecule has 2 bridgehead atoms. The smallest absolute Gasteiger partial charge is 0.246 e. The molecule has 1 aromatic rings. The minimum atomic E-state index is -1.11. The number of hydrogen-bond acceptors (Lipinski definition) is 5. The number of amides is 3. The van der Waals surface area contributed by atoms with E-state index in [4.69, 9.17) is 4.74 Å². The number of piperidine rings is 1. The Hall–Kier alpha value is -2.71. The van der Waals surface area contributed by atoms with Crippen molar-refractivity contribution in [3.05, 3.63) is 42.0 Å². The standard InChI is InChI=1S/C34H48N4O4/c1-22(2)24-10-12-26(13-11-24)35-31(39)28-27-14-17-34(42-27)29(28)33(41)38(19-7-18-37-20-15-23(3)16-21-37)30(34)32(40)36-25-8-5-4-6-9-25/h10-14,17,22-23,25,27-30H,4-9,15-16,18-21H2,1-3H3,(H,35,39)(H,36,40). The molecular weight excluding hydrogens is 528 g/mol. The van der Waals surface area contributed by atoms with Gasteiger partial charge in [0.25, 0.3) is 0 Å². The summed E-state index contributed by atoms with van der Waals surface area (Å²) in [6.45, 7) is 10.1. The van der Waals surface area contributed by atoms with E-state index in [1.807, 2.05) is 36.4 Å². The van der Waals surface area contributed by atoms with E-state index in [9.17, 15) is 14.4 Å². The van der Waals surface area contributed by atoms with Gasteiger partial charge >= 0.3 is 0 Å². The van der Waals surface area contributed by atoms with Crippen LogP contribution in [0.2, 0.25) is 0 Å². The molecule has 1 saturated carbocycles. The van der Waals surface area contributed by atoms with Crippen LogP contribution in [0.15, 0.2) is 36.4 Å². The van der Waals surface area contributed by atoms with Gasteiger partial charge in [0.05, 0.1) is 17.9 Å². The van der Waals surface area contributed by atoms with Crippen molar-refractivity contribution < 1.29 is 19.1 Å².